The Morgan fingerprint density at radius 1 is 0.905 bits per heavy atom. The first kappa shape index (κ1) is 14.4. The first-order valence-electron chi connectivity index (χ1n) is 6.49. The van der Waals surface area contributed by atoms with Crippen LogP contribution >= 0.6 is 15.9 Å². The molecule has 0 aliphatic rings. The Morgan fingerprint density at radius 3 is 2.19 bits per heavy atom. The summed E-state index contributed by atoms with van der Waals surface area (Å²) in [7, 11) is -3.62. The number of hydrogen-bond donors (Lipinski definition) is 0. The first-order valence-corrected chi connectivity index (χ1v) is 8.73. The molecule has 21 heavy (non-hydrogen) atoms. The van der Waals surface area contributed by atoms with Crippen molar-refractivity contribution in [3.05, 3.63) is 64.3 Å². The van der Waals surface area contributed by atoms with E-state index in [0.717, 1.165) is 16.5 Å². The minimum absolute atomic E-state index is 0.285. The van der Waals surface area contributed by atoms with Crippen molar-refractivity contribution in [2.45, 2.75) is 18.7 Å². The van der Waals surface area contributed by atoms with Crippen molar-refractivity contribution in [2.24, 2.45) is 0 Å². The van der Waals surface area contributed by atoms with Gasteiger partial charge in [0.25, 0.3) is 10.0 Å². The number of aryl methyl sites for hydroxylation is 2. The lowest BCUT2D eigenvalue weighted by molar-refractivity contribution is 0.588. The van der Waals surface area contributed by atoms with Gasteiger partial charge >= 0.3 is 0 Å². The molecule has 0 radical (unpaired) electrons. The van der Waals surface area contributed by atoms with Gasteiger partial charge in [-0.15, -0.1) is 0 Å². The number of hydrogen-bond acceptors (Lipinski definition) is 2. The highest BCUT2D eigenvalue weighted by atomic mass is 79.9. The maximum absolute atomic E-state index is 12.9. The minimum atomic E-state index is -3.62. The van der Waals surface area contributed by atoms with Gasteiger partial charge in [-0.2, -0.15) is 0 Å². The van der Waals surface area contributed by atoms with Gasteiger partial charge in [-0.1, -0.05) is 29.8 Å². The van der Waals surface area contributed by atoms with Crippen LogP contribution in [0, 0.1) is 13.8 Å². The van der Waals surface area contributed by atoms with E-state index in [9.17, 15) is 8.42 Å². The molecule has 5 heteroatoms. The summed E-state index contributed by atoms with van der Waals surface area (Å²) < 4.78 is 27.6. The second-order valence-corrected chi connectivity index (χ2v) is 7.71. The number of aromatic nitrogens is 1. The van der Waals surface area contributed by atoms with Crippen molar-refractivity contribution in [3.63, 3.8) is 0 Å². The summed E-state index contributed by atoms with van der Waals surface area (Å²) in [6.45, 7) is 3.88. The van der Waals surface area contributed by atoms with Crippen molar-refractivity contribution in [1.82, 2.24) is 3.97 Å². The van der Waals surface area contributed by atoms with Crippen LogP contribution in [0.25, 0.3) is 10.9 Å². The molecule has 1 heterocycles. The molecule has 3 aromatic rings. The highest BCUT2D eigenvalue weighted by Crippen LogP contribution is 2.29. The van der Waals surface area contributed by atoms with Gasteiger partial charge in [-0.3, -0.25) is 0 Å². The normalized spacial score (nSPS) is 12.0. The molecule has 0 atom stereocenters. The molecule has 0 fully saturated rings. The van der Waals surface area contributed by atoms with Crippen LogP contribution in [-0.4, -0.2) is 12.4 Å². The smallest absolute Gasteiger partial charge is 0.227 e. The van der Waals surface area contributed by atoms with E-state index in [0.29, 0.717) is 10.1 Å². The van der Waals surface area contributed by atoms with Gasteiger partial charge in [0.2, 0.25) is 0 Å². The van der Waals surface area contributed by atoms with Crippen LogP contribution in [0.3, 0.4) is 0 Å². The maximum atomic E-state index is 12.9. The molecular formula is C16H14BrNO2S. The predicted octanol–water partition coefficient (Wildman–Crippen LogP) is 4.26. The van der Waals surface area contributed by atoms with Gasteiger partial charge in [0.05, 0.1) is 10.4 Å². The first-order chi connectivity index (χ1) is 9.89. The number of rotatable bonds is 2. The number of halogens is 1. The van der Waals surface area contributed by atoms with Gasteiger partial charge < -0.3 is 0 Å². The SMILES string of the molecule is Cc1ccc(S(=O)(=O)n2c(Br)cc3ccc(C)cc32)cc1. The van der Waals surface area contributed by atoms with E-state index < -0.39 is 10.0 Å². The molecular weight excluding hydrogens is 350 g/mol. The van der Waals surface area contributed by atoms with Crippen LogP contribution in [0.15, 0.2) is 58.0 Å². The third-order valence-corrected chi connectivity index (χ3v) is 5.99. The number of benzene rings is 2. The second kappa shape index (κ2) is 5.00. The Bertz CT molecular complexity index is 925. The average Bonchev–Trinajstić information content (AvgIpc) is 2.75. The van der Waals surface area contributed by atoms with Crippen LogP contribution in [-0.2, 0) is 10.0 Å². The van der Waals surface area contributed by atoms with Crippen LogP contribution in [0.1, 0.15) is 11.1 Å². The molecule has 0 aliphatic carbocycles. The summed E-state index contributed by atoms with van der Waals surface area (Å²) in [5, 5.41) is 0.892. The van der Waals surface area contributed by atoms with Crippen molar-refractivity contribution in [3.8, 4) is 0 Å². The van der Waals surface area contributed by atoms with Gasteiger partial charge in [-0.25, -0.2) is 12.4 Å². The van der Waals surface area contributed by atoms with E-state index in [-0.39, 0.29) is 4.90 Å². The zero-order valence-corrected chi connectivity index (χ0v) is 14.1. The quantitative estimate of drug-likeness (QED) is 0.682. The molecule has 0 saturated carbocycles. The molecule has 3 nitrogen and oxygen atoms in total. The average molecular weight is 364 g/mol. The standard InChI is InChI=1S/C16H14BrNO2S/c1-11-4-7-14(8-5-11)21(19,20)18-15-9-12(2)3-6-13(15)10-16(18)17/h3-10H,1-2H3. The second-order valence-electron chi connectivity index (χ2n) is 5.11. The largest absolute Gasteiger partial charge is 0.269 e. The zero-order chi connectivity index (χ0) is 15.2. The van der Waals surface area contributed by atoms with Crippen LogP contribution in [0.4, 0.5) is 0 Å². The Labute approximate surface area is 132 Å². The van der Waals surface area contributed by atoms with Crippen molar-refractivity contribution in [1.29, 1.82) is 0 Å². The summed E-state index contributed by atoms with van der Waals surface area (Å²) in [4.78, 5) is 0.285. The highest BCUT2D eigenvalue weighted by Gasteiger charge is 2.22. The molecule has 0 bridgehead atoms. The molecule has 0 spiro atoms. The molecule has 0 amide bonds. The molecule has 0 saturated heterocycles. The van der Waals surface area contributed by atoms with Crippen molar-refractivity contribution >= 4 is 36.9 Å². The lowest BCUT2D eigenvalue weighted by Gasteiger charge is -2.10. The van der Waals surface area contributed by atoms with E-state index in [4.69, 9.17) is 0 Å². The Kier molecular flexibility index (Phi) is 3.42. The van der Waals surface area contributed by atoms with Crippen molar-refractivity contribution in [2.75, 3.05) is 0 Å². The molecule has 0 unspecified atom stereocenters. The lowest BCUT2D eigenvalue weighted by atomic mass is 10.2. The fourth-order valence-corrected chi connectivity index (χ4v) is 4.71. The molecule has 108 valence electrons. The molecule has 1 aromatic heterocycles. The number of nitrogens with zero attached hydrogens (tertiary/aromatic N) is 1. The minimum Gasteiger partial charge on any atom is -0.227 e. The summed E-state index contributed by atoms with van der Waals surface area (Å²) in [5.41, 5.74) is 2.73. The van der Waals surface area contributed by atoms with Gasteiger partial charge in [0.1, 0.15) is 4.60 Å². The van der Waals surface area contributed by atoms with Crippen LogP contribution < -0.4 is 0 Å². The Hall–Kier alpha value is -1.59. The third-order valence-electron chi connectivity index (χ3n) is 3.43. The fourth-order valence-electron chi connectivity index (χ4n) is 2.31. The molecule has 0 N–H and O–H groups in total. The van der Waals surface area contributed by atoms with Crippen LogP contribution in [0.2, 0.25) is 0 Å². The Balaban J connectivity index is 2.30. The van der Waals surface area contributed by atoms with Crippen molar-refractivity contribution < 1.29 is 8.42 Å². The highest BCUT2D eigenvalue weighted by molar-refractivity contribution is 9.10. The zero-order valence-electron chi connectivity index (χ0n) is 11.7. The summed E-state index contributed by atoms with van der Waals surface area (Å²) >= 11 is 3.37. The molecule has 2 aromatic carbocycles. The summed E-state index contributed by atoms with van der Waals surface area (Å²) in [6, 6.07) is 14.5. The van der Waals surface area contributed by atoms with Crippen LogP contribution in [0.5, 0.6) is 0 Å². The van der Waals surface area contributed by atoms with E-state index in [2.05, 4.69) is 15.9 Å². The summed E-state index contributed by atoms with van der Waals surface area (Å²) in [6.07, 6.45) is 0. The van der Waals surface area contributed by atoms with Gasteiger partial charge in [0.15, 0.2) is 0 Å². The van der Waals surface area contributed by atoms with Gasteiger partial charge in [-0.05, 0) is 59.6 Å². The van der Waals surface area contributed by atoms with E-state index >= 15 is 0 Å². The maximum Gasteiger partial charge on any atom is 0.269 e. The monoisotopic (exact) mass is 363 g/mol. The topological polar surface area (TPSA) is 39.1 Å². The molecule has 0 aliphatic heterocycles. The fraction of sp³-hybridized carbons (Fsp3) is 0.125. The third kappa shape index (κ3) is 2.40. The Morgan fingerprint density at radius 2 is 1.52 bits per heavy atom. The van der Waals surface area contributed by atoms with E-state index in [1.165, 1.54) is 3.97 Å². The van der Waals surface area contributed by atoms with E-state index in [1.54, 1.807) is 24.3 Å². The lowest BCUT2D eigenvalue weighted by Crippen LogP contribution is -2.13. The number of fused-ring (bicyclic) bond motifs is 1. The molecule has 3 rings (SSSR count). The summed E-state index contributed by atoms with van der Waals surface area (Å²) in [5.74, 6) is 0. The van der Waals surface area contributed by atoms with E-state index in [1.807, 2.05) is 38.1 Å². The van der Waals surface area contributed by atoms with Gasteiger partial charge in [0, 0.05) is 5.39 Å². The predicted molar refractivity (Wildman–Crippen MR) is 88.1 cm³/mol.